The molecule has 0 aliphatic heterocycles. The summed E-state index contributed by atoms with van der Waals surface area (Å²) in [4.78, 5) is 0. The molecule has 0 spiro atoms. The highest BCUT2D eigenvalue weighted by Gasteiger charge is 2.10. The van der Waals surface area contributed by atoms with Gasteiger partial charge in [-0.25, -0.2) is 0 Å². The zero-order valence-corrected chi connectivity index (χ0v) is 12.2. The van der Waals surface area contributed by atoms with Crippen molar-refractivity contribution in [3.8, 4) is 11.5 Å². The van der Waals surface area contributed by atoms with Crippen LogP contribution in [0.2, 0.25) is 5.02 Å². The Labute approximate surface area is 119 Å². The fourth-order valence-corrected chi connectivity index (χ4v) is 2.36. The average Bonchev–Trinajstić information content (AvgIpc) is 2.32. The van der Waals surface area contributed by atoms with Gasteiger partial charge in [-0.1, -0.05) is 31.5 Å². The van der Waals surface area contributed by atoms with Crippen LogP contribution in [0.3, 0.4) is 0 Å². The molecule has 0 amide bonds. The van der Waals surface area contributed by atoms with Crippen LogP contribution in [-0.4, -0.2) is 0 Å². The molecular weight excluding hydrogens is 258 g/mol. The molecule has 2 N–H and O–H groups in total. The van der Waals surface area contributed by atoms with Gasteiger partial charge in [0.15, 0.2) is 0 Å². The van der Waals surface area contributed by atoms with Crippen LogP contribution in [0.4, 0.5) is 5.69 Å². The van der Waals surface area contributed by atoms with Gasteiger partial charge in [0, 0.05) is 16.8 Å². The van der Waals surface area contributed by atoms with E-state index >= 15 is 0 Å². The van der Waals surface area contributed by atoms with Crippen molar-refractivity contribution < 1.29 is 4.74 Å². The predicted octanol–water partition coefficient (Wildman–Crippen LogP) is 5.15. The highest BCUT2D eigenvalue weighted by atomic mass is 35.5. The number of ether oxygens (including phenoxy) is 1. The van der Waals surface area contributed by atoms with Gasteiger partial charge in [-0.3, -0.25) is 0 Å². The molecule has 100 valence electrons. The Morgan fingerprint density at radius 1 is 1.16 bits per heavy atom. The minimum atomic E-state index is 0.358. The van der Waals surface area contributed by atoms with Gasteiger partial charge in [0.25, 0.3) is 0 Å². The third-order valence-corrected chi connectivity index (χ3v) is 3.33. The van der Waals surface area contributed by atoms with Crippen LogP contribution >= 0.6 is 11.6 Å². The van der Waals surface area contributed by atoms with Crippen molar-refractivity contribution in [2.45, 2.75) is 26.7 Å². The topological polar surface area (TPSA) is 35.2 Å². The van der Waals surface area contributed by atoms with Gasteiger partial charge >= 0.3 is 0 Å². The molecule has 2 rings (SSSR count). The van der Waals surface area contributed by atoms with Crippen LogP contribution in [0, 0.1) is 6.92 Å². The Kier molecular flexibility index (Phi) is 4.01. The van der Waals surface area contributed by atoms with Gasteiger partial charge in [0.1, 0.15) is 11.5 Å². The molecule has 0 saturated carbocycles. The molecule has 0 aromatic heterocycles. The Bertz CT molecular complexity index is 593. The summed E-state index contributed by atoms with van der Waals surface area (Å²) in [5.41, 5.74) is 8.54. The largest absolute Gasteiger partial charge is 0.457 e. The third kappa shape index (κ3) is 3.21. The van der Waals surface area contributed by atoms with Crippen molar-refractivity contribution in [3.05, 3.63) is 52.5 Å². The molecule has 0 radical (unpaired) electrons. The van der Waals surface area contributed by atoms with Crippen LogP contribution in [-0.2, 0) is 0 Å². The minimum absolute atomic E-state index is 0.358. The summed E-state index contributed by atoms with van der Waals surface area (Å²) in [6.07, 6.45) is 0. The second-order valence-corrected chi connectivity index (χ2v) is 5.38. The van der Waals surface area contributed by atoms with E-state index in [1.165, 1.54) is 0 Å². The third-order valence-electron chi connectivity index (χ3n) is 3.00. The second-order valence-electron chi connectivity index (χ2n) is 4.97. The molecule has 3 heteroatoms. The number of aryl methyl sites for hydroxylation is 1. The fourth-order valence-electron chi connectivity index (χ4n) is 1.93. The number of benzene rings is 2. The Morgan fingerprint density at radius 3 is 2.53 bits per heavy atom. The monoisotopic (exact) mass is 275 g/mol. The molecule has 2 aromatic carbocycles. The zero-order chi connectivity index (χ0) is 14.0. The smallest absolute Gasteiger partial charge is 0.130 e. The summed E-state index contributed by atoms with van der Waals surface area (Å²) in [5, 5.41) is 0.785. The van der Waals surface area contributed by atoms with Crippen molar-refractivity contribution in [2.24, 2.45) is 0 Å². The van der Waals surface area contributed by atoms with Crippen molar-refractivity contribution in [2.75, 3.05) is 5.73 Å². The van der Waals surface area contributed by atoms with E-state index < -0.39 is 0 Å². The van der Waals surface area contributed by atoms with Gasteiger partial charge in [0.05, 0.1) is 0 Å². The summed E-state index contributed by atoms with van der Waals surface area (Å²) in [6.45, 7) is 6.21. The quantitative estimate of drug-likeness (QED) is 0.787. The molecule has 0 unspecified atom stereocenters. The van der Waals surface area contributed by atoms with Crippen LogP contribution in [0.5, 0.6) is 11.5 Å². The molecule has 0 bridgehead atoms. The zero-order valence-electron chi connectivity index (χ0n) is 11.4. The second kappa shape index (κ2) is 5.54. The van der Waals surface area contributed by atoms with Gasteiger partial charge in [-0.15, -0.1) is 0 Å². The number of anilines is 1. The van der Waals surface area contributed by atoms with E-state index in [1.54, 1.807) is 0 Å². The summed E-state index contributed by atoms with van der Waals surface area (Å²) >= 11 is 6.25. The first-order valence-electron chi connectivity index (χ1n) is 6.31. The number of hydrogen-bond acceptors (Lipinski definition) is 2. The highest BCUT2D eigenvalue weighted by Crippen LogP contribution is 2.34. The van der Waals surface area contributed by atoms with Crippen molar-refractivity contribution >= 4 is 17.3 Å². The highest BCUT2D eigenvalue weighted by molar-refractivity contribution is 6.31. The summed E-state index contributed by atoms with van der Waals surface area (Å²) < 4.78 is 5.90. The predicted molar refractivity (Wildman–Crippen MR) is 81.2 cm³/mol. The van der Waals surface area contributed by atoms with E-state index in [0.717, 1.165) is 27.6 Å². The molecule has 2 aromatic rings. The van der Waals surface area contributed by atoms with E-state index in [0.29, 0.717) is 11.6 Å². The lowest BCUT2D eigenvalue weighted by Crippen LogP contribution is -1.94. The van der Waals surface area contributed by atoms with Crippen molar-refractivity contribution in [1.29, 1.82) is 0 Å². The molecule has 0 heterocycles. The lowest BCUT2D eigenvalue weighted by molar-refractivity contribution is 0.478. The SMILES string of the molecule is Cc1cc(Cl)c(C(C)C)cc1Oc1cccc(N)c1. The van der Waals surface area contributed by atoms with Crippen LogP contribution in [0.25, 0.3) is 0 Å². The molecule has 0 fully saturated rings. The van der Waals surface area contributed by atoms with Gasteiger partial charge in [-0.05, 0) is 48.2 Å². The van der Waals surface area contributed by atoms with E-state index in [1.807, 2.05) is 43.3 Å². The summed E-state index contributed by atoms with van der Waals surface area (Å²) in [7, 11) is 0. The lowest BCUT2D eigenvalue weighted by Gasteiger charge is -2.14. The number of hydrogen-bond donors (Lipinski definition) is 1. The molecule has 19 heavy (non-hydrogen) atoms. The first-order chi connectivity index (χ1) is 8.97. The van der Waals surface area contributed by atoms with Gasteiger partial charge in [0.2, 0.25) is 0 Å². The summed E-state index contributed by atoms with van der Waals surface area (Å²) in [5.74, 6) is 1.91. The molecule has 0 aliphatic carbocycles. The summed E-state index contributed by atoms with van der Waals surface area (Å²) in [6, 6.07) is 11.4. The maximum Gasteiger partial charge on any atom is 0.130 e. The molecule has 2 nitrogen and oxygen atoms in total. The van der Waals surface area contributed by atoms with Crippen molar-refractivity contribution in [3.63, 3.8) is 0 Å². The molecule has 0 aliphatic rings. The fraction of sp³-hybridized carbons (Fsp3) is 0.250. The Balaban J connectivity index is 2.37. The van der Waals surface area contributed by atoms with Gasteiger partial charge in [-0.2, -0.15) is 0 Å². The van der Waals surface area contributed by atoms with Crippen LogP contribution < -0.4 is 10.5 Å². The van der Waals surface area contributed by atoms with Crippen LogP contribution in [0.1, 0.15) is 30.9 Å². The number of halogens is 1. The Morgan fingerprint density at radius 2 is 1.89 bits per heavy atom. The first kappa shape index (κ1) is 13.8. The van der Waals surface area contributed by atoms with E-state index in [-0.39, 0.29) is 0 Å². The van der Waals surface area contributed by atoms with E-state index in [4.69, 9.17) is 22.1 Å². The average molecular weight is 276 g/mol. The standard InChI is InChI=1S/C16H18ClNO/c1-10(2)14-9-16(11(3)7-15(14)17)19-13-6-4-5-12(18)8-13/h4-10H,18H2,1-3H3. The van der Waals surface area contributed by atoms with E-state index in [9.17, 15) is 0 Å². The molecule has 0 saturated heterocycles. The first-order valence-corrected chi connectivity index (χ1v) is 6.68. The normalized spacial score (nSPS) is 10.8. The van der Waals surface area contributed by atoms with E-state index in [2.05, 4.69) is 13.8 Å². The lowest BCUT2D eigenvalue weighted by atomic mass is 10.0. The molecule has 0 atom stereocenters. The number of nitrogens with two attached hydrogens (primary N) is 1. The molecular formula is C16H18ClNO. The Hall–Kier alpha value is -1.67. The minimum Gasteiger partial charge on any atom is -0.457 e. The number of rotatable bonds is 3. The van der Waals surface area contributed by atoms with Crippen molar-refractivity contribution in [1.82, 2.24) is 0 Å². The number of nitrogen functional groups attached to an aromatic ring is 1. The van der Waals surface area contributed by atoms with Crippen LogP contribution in [0.15, 0.2) is 36.4 Å². The maximum atomic E-state index is 6.25. The maximum absolute atomic E-state index is 6.25. The van der Waals surface area contributed by atoms with Gasteiger partial charge < -0.3 is 10.5 Å².